The van der Waals surface area contributed by atoms with Crippen LogP contribution in [0.25, 0.3) is 5.13 Å². The Morgan fingerprint density at radius 2 is 1.37 bits per heavy atom. The quantitative estimate of drug-likeness (QED) is 0.414. The molecule has 180 valence electrons. The van der Waals surface area contributed by atoms with Crippen LogP contribution >= 0.6 is 11.3 Å². The molecule has 2 fully saturated rings. The molecule has 1 aromatic carbocycles. The Kier molecular flexibility index (Phi) is 6.34. The van der Waals surface area contributed by atoms with Crippen LogP contribution in [0.5, 0.6) is 0 Å². The second-order valence-corrected chi connectivity index (χ2v) is 9.93. The number of hydrogen-bond acceptors (Lipinski definition) is 8. The van der Waals surface area contributed by atoms with Crippen molar-refractivity contribution in [1.29, 1.82) is 0 Å². The largest absolute Gasteiger partial charge is 0.368 e. The Labute approximate surface area is 210 Å². The first-order chi connectivity index (χ1) is 17.3. The molecule has 0 spiro atoms. The summed E-state index contributed by atoms with van der Waals surface area (Å²) in [6.45, 7) is 8.87. The molecule has 9 heteroatoms. The average Bonchev–Trinajstić information content (AvgIpc) is 3.60. The molecule has 0 N–H and O–H groups in total. The van der Waals surface area contributed by atoms with Crippen molar-refractivity contribution in [1.82, 2.24) is 24.6 Å². The number of hydrogen-bond donors (Lipinski definition) is 0. The van der Waals surface area contributed by atoms with Crippen molar-refractivity contribution in [3.8, 4) is 5.13 Å². The number of anilines is 3. The summed E-state index contributed by atoms with van der Waals surface area (Å²) < 4.78 is 2.20. The van der Waals surface area contributed by atoms with Crippen LogP contribution in [0, 0.1) is 0 Å². The van der Waals surface area contributed by atoms with E-state index in [1.54, 1.807) is 11.3 Å². The van der Waals surface area contributed by atoms with Gasteiger partial charge in [-0.2, -0.15) is 0 Å². The van der Waals surface area contributed by atoms with Crippen molar-refractivity contribution in [3.63, 3.8) is 0 Å². The lowest BCUT2D eigenvalue weighted by atomic mass is 10.2. The highest BCUT2D eigenvalue weighted by molar-refractivity contribution is 7.17. The van der Waals surface area contributed by atoms with Gasteiger partial charge in [0.05, 0.1) is 0 Å². The van der Waals surface area contributed by atoms with Crippen LogP contribution < -0.4 is 14.7 Å². The predicted molar refractivity (Wildman–Crippen MR) is 142 cm³/mol. The SMILES string of the molecule is c1ccc(N2CCN(c3nnc(-n4cccc4CN4CCN(c5ccccn5)CC4)s3)CC2)cc1. The molecular weight excluding hydrogens is 456 g/mol. The van der Waals surface area contributed by atoms with Crippen molar-refractivity contribution in [2.75, 3.05) is 67.1 Å². The van der Waals surface area contributed by atoms with Gasteiger partial charge in [0.2, 0.25) is 10.3 Å². The van der Waals surface area contributed by atoms with Gasteiger partial charge in [0.15, 0.2) is 0 Å². The maximum atomic E-state index is 4.56. The second kappa shape index (κ2) is 10.1. The fourth-order valence-corrected chi connectivity index (χ4v) is 5.78. The molecule has 0 unspecified atom stereocenters. The van der Waals surface area contributed by atoms with E-state index < -0.39 is 0 Å². The molecule has 35 heavy (non-hydrogen) atoms. The highest BCUT2D eigenvalue weighted by Crippen LogP contribution is 2.27. The third-order valence-electron chi connectivity index (χ3n) is 6.85. The fourth-order valence-electron chi connectivity index (χ4n) is 4.86. The lowest BCUT2D eigenvalue weighted by molar-refractivity contribution is 0.245. The maximum absolute atomic E-state index is 4.56. The molecule has 2 aliphatic heterocycles. The number of aromatic nitrogens is 4. The molecule has 0 bridgehead atoms. The molecule has 0 aliphatic carbocycles. The van der Waals surface area contributed by atoms with Gasteiger partial charge in [0, 0.05) is 82.7 Å². The van der Waals surface area contributed by atoms with Gasteiger partial charge in [-0.1, -0.05) is 35.6 Å². The number of para-hydroxylation sites is 1. The van der Waals surface area contributed by atoms with Gasteiger partial charge in [-0.3, -0.25) is 9.47 Å². The first-order valence-electron chi connectivity index (χ1n) is 12.3. The van der Waals surface area contributed by atoms with E-state index in [9.17, 15) is 0 Å². The molecule has 4 aromatic rings. The van der Waals surface area contributed by atoms with Crippen LogP contribution in [0.4, 0.5) is 16.6 Å². The van der Waals surface area contributed by atoms with E-state index in [0.29, 0.717) is 0 Å². The monoisotopic (exact) mass is 486 g/mol. The molecule has 3 aromatic heterocycles. The maximum Gasteiger partial charge on any atom is 0.218 e. The number of rotatable bonds is 6. The highest BCUT2D eigenvalue weighted by atomic mass is 32.1. The minimum Gasteiger partial charge on any atom is -0.368 e. The van der Waals surface area contributed by atoms with E-state index in [2.05, 4.69) is 100 Å². The number of benzene rings is 1. The average molecular weight is 487 g/mol. The summed E-state index contributed by atoms with van der Waals surface area (Å²) in [5.74, 6) is 1.07. The van der Waals surface area contributed by atoms with E-state index >= 15 is 0 Å². The minimum absolute atomic E-state index is 0.910. The van der Waals surface area contributed by atoms with Crippen molar-refractivity contribution in [2.24, 2.45) is 0 Å². The van der Waals surface area contributed by atoms with Gasteiger partial charge < -0.3 is 14.7 Å². The Morgan fingerprint density at radius 3 is 2.14 bits per heavy atom. The van der Waals surface area contributed by atoms with Crippen LogP contribution in [0.15, 0.2) is 73.1 Å². The Balaban J connectivity index is 1.07. The number of nitrogens with zero attached hydrogens (tertiary/aromatic N) is 8. The zero-order chi connectivity index (χ0) is 23.5. The summed E-state index contributed by atoms with van der Waals surface area (Å²) >= 11 is 1.68. The number of piperazine rings is 2. The molecule has 0 saturated carbocycles. The Morgan fingerprint density at radius 1 is 0.657 bits per heavy atom. The van der Waals surface area contributed by atoms with Crippen LogP contribution in [-0.4, -0.2) is 77.0 Å². The molecule has 2 aliphatic rings. The summed E-state index contributed by atoms with van der Waals surface area (Å²) in [4.78, 5) is 14.2. The summed E-state index contributed by atoms with van der Waals surface area (Å²) in [6, 6.07) is 21.1. The van der Waals surface area contributed by atoms with Gasteiger partial charge in [-0.25, -0.2) is 4.98 Å². The Hall–Kier alpha value is -3.43. The topological polar surface area (TPSA) is 56.6 Å². The van der Waals surface area contributed by atoms with E-state index in [1.807, 2.05) is 12.3 Å². The predicted octanol–water partition coefficient (Wildman–Crippen LogP) is 3.37. The standard InChI is InChI=1S/C26H30N8S/c1-2-7-22(8-3-1)31-17-19-33(20-18-31)25-28-29-26(35-25)34-12-6-9-23(34)21-30-13-15-32(16-14-30)24-10-4-5-11-27-24/h1-12H,13-21H2. The zero-order valence-electron chi connectivity index (χ0n) is 19.8. The van der Waals surface area contributed by atoms with E-state index in [1.165, 1.54) is 11.4 Å². The molecule has 0 radical (unpaired) electrons. The van der Waals surface area contributed by atoms with Gasteiger partial charge >= 0.3 is 0 Å². The van der Waals surface area contributed by atoms with Crippen molar-refractivity contribution in [3.05, 3.63) is 78.8 Å². The lowest BCUT2D eigenvalue weighted by Crippen LogP contribution is -2.46. The Bertz CT molecular complexity index is 1210. The van der Waals surface area contributed by atoms with Crippen molar-refractivity contribution in [2.45, 2.75) is 6.54 Å². The van der Waals surface area contributed by atoms with Crippen LogP contribution in [0.1, 0.15) is 5.69 Å². The summed E-state index contributed by atoms with van der Waals surface area (Å²) in [5.41, 5.74) is 2.55. The normalized spacial score (nSPS) is 17.2. The molecule has 0 amide bonds. The summed E-state index contributed by atoms with van der Waals surface area (Å²) in [5, 5.41) is 11.1. The minimum atomic E-state index is 0.910. The van der Waals surface area contributed by atoms with E-state index in [0.717, 1.165) is 75.0 Å². The van der Waals surface area contributed by atoms with Gasteiger partial charge in [-0.05, 0) is 36.4 Å². The fraction of sp³-hybridized carbons (Fsp3) is 0.346. The van der Waals surface area contributed by atoms with E-state index in [4.69, 9.17) is 0 Å². The zero-order valence-corrected chi connectivity index (χ0v) is 20.6. The second-order valence-electron chi connectivity index (χ2n) is 9.00. The van der Waals surface area contributed by atoms with Gasteiger partial charge in [0.25, 0.3) is 0 Å². The summed E-state index contributed by atoms with van der Waals surface area (Å²) in [7, 11) is 0. The van der Waals surface area contributed by atoms with Gasteiger partial charge in [0.1, 0.15) is 5.82 Å². The van der Waals surface area contributed by atoms with Crippen LogP contribution in [-0.2, 0) is 6.54 Å². The van der Waals surface area contributed by atoms with Gasteiger partial charge in [-0.15, -0.1) is 10.2 Å². The third-order valence-corrected chi connectivity index (χ3v) is 7.83. The van der Waals surface area contributed by atoms with Crippen molar-refractivity contribution < 1.29 is 0 Å². The number of pyridine rings is 1. The molecule has 2 saturated heterocycles. The summed E-state index contributed by atoms with van der Waals surface area (Å²) in [6.07, 6.45) is 3.98. The third kappa shape index (κ3) is 4.87. The first kappa shape index (κ1) is 22.1. The van der Waals surface area contributed by atoms with E-state index in [-0.39, 0.29) is 0 Å². The first-order valence-corrected chi connectivity index (χ1v) is 13.1. The smallest absolute Gasteiger partial charge is 0.218 e. The van der Waals surface area contributed by atoms with Crippen LogP contribution in [0.2, 0.25) is 0 Å². The molecular formula is C26H30N8S. The van der Waals surface area contributed by atoms with Crippen LogP contribution in [0.3, 0.4) is 0 Å². The molecule has 5 heterocycles. The highest BCUT2D eigenvalue weighted by Gasteiger charge is 2.22. The molecule has 0 atom stereocenters. The molecule has 6 rings (SSSR count). The lowest BCUT2D eigenvalue weighted by Gasteiger charge is -2.35. The van der Waals surface area contributed by atoms with Crippen molar-refractivity contribution >= 4 is 28.0 Å². The molecule has 8 nitrogen and oxygen atoms in total.